The molecule has 4 heteroatoms. The lowest BCUT2D eigenvalue weighted by molar-refractivity contribution is 0.555. The number of nitrogens with one attached hydrogen (secondary N) is 1. The SMILES string of the molecule is CC(C)NCc1sc(N2CCCCCCC2)nc1C1CC1. The van der Waals surface area contributed by atoms with Crippen LogP contribution in [0.3, 0.4) is 0 Å². The fraction of sp³-hybridized carbons (Fsp3) is 0.824. The summed E-state index contributed by atoms with van der Waals surface area (Å²) >= 11 is 1.94. The molecule has 0 radical (unpaired) electrons. The van der Waals surface area contributed by atoms with Crippen LogP contribution in [0.1, 0.15) is 75.3 Å². The fourth-order valence-electron chi connectivity index (χ4n) is 3.02. The summed E-state index contributed by atoms with van der Waals surface area (Å²) in [5.74, 6) is 0.758. The largest absolute Gasteiger partial charge is 0.348 e. The van der Waals surface area contributed by atoms with Gasteiger partial charge in [-0.3, -0.25) is 0 Å². The van der Waals surface area contributed by atoms with Crippen LogP contribution in [0.25, 0.3) is 0 Å². The lowest BCUT2D eigenvalue weighted by Crippen LogP contribution is -2.26. The Morgan fingerprint density at radius 2 is 1.81 bits per heavy atom. The topological polar surface area (TPSA) is 28.2 Å². The van der Waals surface area contributed by atoms with Crippen molar-refractivity contribution in [1.29, 1.82) is 0 Å². The van der Waals surface area contributed by atoms with Gasteiger partial charge in [0.25, 0.3) is 0 Å². The Bertz CT molecular complexity index is 443. The molecule has 2 fully saturated rings. The summed E-state index contributed by atoms with van der Waals surface area (Å²) in [6.07, 6.45) is 9.55. The molecular formula is C17H29N3S. The van der Waals surface area contributed by atoms with Crippen LogP contribution in [0, 0.1) is 0 Å². The van der Waals surface area contributed by atoms with E-state index in [2.05, 4.69) is 24.1 Å². The van der Waals surface area contributed by atoms with Crippen molar-refractivity contribution in [3.8, 4) is 0 Å². The zero-order chi connectivity index (χ0) is 14.7. The van der Waals surface area contributed by atoms with E-state index < -0.39 is 0 Å². The fourth-order valence-corrected chi connectivity index (χ4v) is 4.17. The molecule has 3 nitrogen and oxygen atoms in total. The first-order valence-corrected chi connectivity index (χ1v) is 9.53. The molecule has 1 N–H and O–H groups in total. The average Bonchev–Trinajstić information content (AvgIpc) is 3.17. The number of anilines is 1. The quantitative estimate of drug-likeness (QED) is 0.879. The molecule has 0 bridgehead atoms. The highest BCUT2D eigenvalue weighted by Crippen LogP contribution is 2.44. The summed E-state index contributed by atoms with van der Waals surface area (Å²) in [6.45, 7) is 7.84. The van der Waals surface area contributed by atoms with Gasteiger partial charge in [0, 0.05) is 36.5 Å². The minimum Gasteiger partial charge on any atom is -0.348 e. The van der Waals surface area contributed by atoms with Crippen molar-refractivity contribution in [3.05, 3.63) is 10.6 Å². The molecule has 2 aliphatic rings. The van der Waals surface area contributed by atoms with E-state index in [1.165, 1.54) is 73.7 Å². The van der Waals surface area contributed by atoms with Crippen molar-refractivity contribution in [1.82, 2.24) is 10.3 Å². The molecule has 21 heavy (non-hydrogen) atoms. The highest BCUT2D eigenvalue weighted by molar-refractivity contribution is 7.15. The first kappa shape index (κ1) is 15.3. The third-order valence-corrected chi connectivity index (χ3v) is 5.61. The third kappa shape index (κ3) is 4.19. The number of thiazole rings is 1. The molecule has 118 valence electrons. The zero-order valence-electron chi connectivity index (χ0n) is 13.5. The lowest BCUT2D eigenvalue weighted by atomic mass is 10.1. The maximum Gasteiger partial charge on any atom is 0.185 e. The molecule has 3 rings (SSSR count). The van der Waals surface area contributed by atoms with Gasteiger partial charge >= 0.3 is 0 Å². The number of nitrogens with zero attached hydrogens (tertiary/aromatic N) is 2. The number of hydrogen-bond donors (Lipinski definition) is 1. The van der Waals surface area contributed by atoms with Crippen molar-refractivity contribution in [2.75, 3.05) is 18.0 Å². The van der Waals surface area contributed by atoms with Crippen LogP contribution in [-0.4, -0.2) is 24.1 Å². The zero-order valence-corrected chi connectivity index (χ0v) is 14.3. The molecule has 1 aliphatic carbocycles. The van der Waals surface area contributed by atoms with Gasteiger partial charge in [0.2, 0.25) is 0 Å². The molecule has 0 unspecified atom stereocenters. The van der Waals surface area contributed by atoms with Gasteiger partial charge in [-0.05, 0) is 25.7 Å². The third-order valence-electron chi connectivity index (χ3n) is 4.48. The van der Waals surface area contributed by atoms with Gasteiger partial charge in [-0.1, -0.05) is 33.1 Å². The summed E-state index contributed by atoms with van der Waals surface area (Å²) in [6, 6.07) is 0.546. The van der Waals surface area contributed by atoms with Crippen molar-refractivity contribution < 1.29 is 0 Å². The minimum atomic E-state index is 0.546. The Labute approximate surface area is 133 Å². The minimum absolute atomic E-state index is 0.546. The Hall–Kier alpha value is -0.610. The standard InChI is InChI=1S/C17H29N3S/c1-13(2)18-12-15-16(14-8-9-14)19-17(21-15)20-10-6-4-3-5-7-11-20/h13-14,18H,3-12H2,1-2H3. The first-order valence-electron chi connectivity index (χ1n) is 8.72. The molecule has 1 aliphatic heterocycles. The van der Waals surface area contributed by atoms with Crippen LogP contribution in [0.15, 0.2) is 0 Å². The van der Waals surface area contributed by atoms with Crippen LogP contribution in [0.5, 0.6) is 0 Å². The predicted molar refractivity (Wildman–Crippen MR) is 91.4 cm³/mol. The molecule has 0 atom stereocenters. The number of rotatable bonds is 5. The van der Waals surface area contributed by atoms with Gasteiger partial charge in [0.05, 0.1) is 5.69 Å². The molecular weight excluding hydrogens is 278 g/mol. The van der Waals surface area contributed by atoms with Crippen molar-refractivity contribution >= 4 is 16.5 Å². The summed E-state index contributed by atoms with van der Waals surface area (Å²) in [5, 5.41) is 4.87. The number of hydrogen-bond acceptors (Lipinski definition) is 4. The van der Waals surface area contributed by atoms with Gasteiger partial charge in [-0.25, -0.2) is 4.98 Å². The Kier molecular flexibility index (Phi) is 5.17. The Morgan fingerprint density at radius 1 is 1.14 bits per heavy atom. The lowest BCUT2D eigenvalue weighted by Gasteiger charge is -2.23. The smallest absolute Gasteiger partial charge is 0.185 e. The van der Waals surface area contributed by atoms with E-state index in [0.717, 1.165) is 12.5 Å². The molecule has 0 amide bonds. The van der Waals surface area contributed by atoms with E-state index in [1.807, 2.05) is 11.3 Å². The van der Waals surface area contributed by atoms with Gasteiger partial charge in [0.1, 0.15) is 0 Å². The molecule has 0 spiro atoms. The molecule has 1 aromatic rings. The van der Waals surface area contributed by atoms with E-state index >= 15 is 0 Å². The molecule has 1 saturated heterocycles. The van der Waals surface area contributed by atoms with Crippen LogP contribution in [0.2, 0.25) is 0 Å². The highest BCUT2D eigenvalue weighted by atomic mass is 32.1. The second-order valence-electron chi connectivity index (χ2n) is 6.87. The maximum absolute atomic E-state index is 5.05. The summed E-state index contributed by atoms with van der Waals surface area (Å²) < 4.78 is 0. The molecule has 2 heterocycles. The van der Waals surface area contributed by atoms with Crippen LogP contribution in [-0.2, 0) is 6.54 Å². The van der Waals surface area contributed by atoms with Crippen LogP contribution >= 0.6 is 11.3 Å². The van der Waals surface area contributed by atoms with E-state index in [0.29, 0.717) is 6.04 Å². The van der Waals surface area contributed by atoms with E-state index in [4.69, 9.17) is 4.98 Å². The Balaban J connectivity index is 1.73. The summed E-state index contributed by atoms with van der Waals surface area (Å²) in [5.41, 5.74) is 1.41. The van der Waals surface area contributed by atoms with E-state index in [9.17, 15) is 0 Å². The predicted octanol–water partition coefficient (Wildman–Crippen LogP) is 4.29. The first-order chi connectivity index (χ1) is 10.2. The van der Waals surface area contributed by atoms with Gasteiger partial charge in [0.15, 0.2) is 5.13 Å². The van der Waals surface area contributed by atoms with Crippen molar-refractivity contribution in [3.63, 3.8) is 0 Å². The Morgan fingerprint density at radius 3 is 2.43 bits per heavy atom. The van der Waals surface area contributed by atoms with Gasteiger partial charge in [-0.15, -0.1) is 11.3 Å². The van der Waals surface area contributed by atoms with Crippen LogP contribution in [0.4, 0.5) is 5.13 Å². The molecule has 1 saturated carbocycles. The van der Waals surface area contributed by atoms with Gasteiger partial charge < -0.3 is 10.2 Å². The van der Waals surface area contributed by atoms with Crippen LogP contribution < -0.4 is 10.2 Å². The normalized spacial score (nSPS) is 20.6. The van der Waals surface area contributed by atoms with E-state index in [-0.39, 0.29) is 0 Å². The molecule has 0 aromatic carbocycles. The average molecular weight is 308 g/mol. The van der Waals surface area contributed by atoms with Crippen molar-refractivity contribution in [2.45, 2.75) is 77.3 Å². The van der Waals surface area contributed by atoms with E-state index in [1.54, 1.807) is 0 Å². The van der Waals surface area contributed by atoms with Gasteiger partial charge in [-0.2, -0.15) is 0 Å². The summed E-state index contributed by atoms with van der Waals surface area (Å²) in [7, 11) is 0. The highest BCUT2D eigenvalue weighted by Gasteiger charge is 2.30. The summed E-state index contributed by atoms with van der Waals surface area (Å²) in [4.78, 5) is 9.09. The maximum atomic E-state index is 5.05. The molecule has 1 aromatic heterocycles. The second-order valence-corrected chi connectivity index (χ2v) is 7.93. The second kappa shape index (κ2) is 7.10. The van der Waals surface area contributed by atoms with Crippen molar-refractivity contribution in [2.24, 2.45) is 0 Å². The monoisotopic (exact) mass is 307 g/mol. The number of aromatic nitrogens is 1.